The second kappa shape index (κ2) is 7.25. The Balaban J connectivity index is 3.54. The molecular formula is C13H29NO2. The molecule has 0 heterocycles. The summed E-state index contributed by atoms with van der Waals surface area (Å²) in [6.07, 6.45) is 1.03. The van der Waals surface area contributed by atoms with Crippen LogP contribution in [0.4, 0.5) is 0 Å². The molecule has 0 radical (unpaired) electrons. The lowest BCUT2D eigenvalue weighted by atomic mass is 9.95. The Hall–Kier alpha value is -0.120. The lowest BCUT2D eigenvalue weighted by Crippen LogP contribution is -2.32. The third kappa shape index (κ3) is 8.08. The highest BCUT2D eigenvalue weighted by atomic mass is 16.5. The van der Waals surface area contributed by atoms with E-state index in [0.29, 0.717) is 13.2 Å². The molecule has 1 N–H and O–H groups in total. The zero-order chi connectivity index (χ0) is 12.7. The maximum absolute atomic E-state index is 5.71. The van der Waals surface area contributed by atoms with Crippen molar-refractivity contribution in [1.82, 2.24) is 5.32 Å². The van der Waals surface area contributed by atoms with E-state index < -0.39 is 0 Å². The average molecular weight is 231 g/mol. The summed E-state index contributed by atoms with van der Waals surface area (Å²) in [6.45, 7) is 13.8. The Morgan fingerprint density at radius 1 is 1.06 bits per heavy atom. The molecule has 16 heavy (non-hydrogen) atoms. The van der Waals surface area contributed by atoms with Gasteiger partial charge in [-0.05, 0) is 27.3 Å². The topological polar surface area (TPSA) is 30.5 Å². The van der Waals surface area contributed by atoms with Gasteiger partial charge in [0.15, 0.2) is 0 Å². The molecule has 0 bridgehead atoms. The maximum Gasteiger partial charge on any atom is 0.0707 e. The molecule has 0 aromatic heterocycles. The summed E-state index contributed by atoms with van der Waals surface area (Å²) in [4.78, 5) is 0. The Labute approximate surface area is 101 Å². The summed E-state index contributed by atoms with van der Waals surface area (Å²) in [5, 5.41) is 3.17. The third-order valence-electron chi connectivity index (χ3n) is 2.72. The second-order valence-electron chi connectivity index (χ2n) is 5.71. The van der Waals surface area contributed by atoms with Crippen molar-refractivity contribution in [3.63, 3.8) is 0 Å². The summed E-state index contributed by atoms with van der Waals surface area (Å²) < 4.78 is 11.3. The summed E-state index contributed by atoms with van der Waals surface area (Å²) in [5.74, 6) is 0. The fourth-order valence-corrected chi connectivity index (χ4v) is 1.36. The fourth-order valence-electron chi connectivity index (χ4n) is 1.36. The molecule has 0 aliphatic carbocycles. The van der Waals surface area contributed by atoms with Gasteiger partial charge in [0.05, 0.1) is 25.4 Å². The van der Waals surface area contributed by atoms with Crippen LogP contribution in [0.1, 0.15) is 41.0 Å². The van der Waals surface area contributed by atoms with E-state index in [1.807, 2.05) is 7.05 Å². The van der Waals surface area contributed by atoms with Crippen LogP contribution in [0.15, 0.2) is 0 Å². The van der Waals surface area contributed by atoms with Crippen molar-refractivity contribution in [2.45, 2.75) is 46.6 Å². The van der Waals surface area contributed by atoms with Gasteiger partial charge >= 0.3 is 0 Å². The highest BCUT2D eigenvalue weighted by molar-refractivity contribution is 4.69. The number of nitrogens with one attached hydrogen (secondary N) is 1. The van der Waals surface area contributed by atoms with Gasteiger partial charge < -0.3 is 14.8 Å². The molecule has 0 amide bonds. The van der Waals surface area contributed by atoms with Crippen LogP contribution in [-0.4, -0.2) is 39.0 Å². The molecule has 0 rings (SSSR count). The predicted molar refractivity (Wildman–Crippen MR) is 68.8 cm³/mol. The summed E-state index contributed by atoms with van der Waals surface area (Å²) in [5.41, 5.74) is 0.166. The minimum absolute atomic E-state index is 0.0240. The normalized spacial score (nSPS) is 13.1. The second-order valence-corrected chi connectivity index (χ2v) is 5.71. The van der Waals surface area contributed by atoms with Gasteiger partial charge in [-0.1, -0.05) is 20.8 Å². The third-order valence-corrected chi connectivity index (χ3v) is 2.72. The van der Waals surface area contributed by atoms with E-state index in [9.17, 15) is 0 Å². The van der Waals surface area contributed by atoms with E-state index in [1.165, 1.54) is 0 Å². The molecular weight excluding hydrogens is 202 g/mol. The lowest BCUT2D eigenvalue weighted by molar-refractivity contribution is -0.0559. The van der Waals surface area contributed by atoms with Crippen molar-refractivity contribution in [3.8, 4) is 0 Å². The Morgan fingerprint density at radius 2 is 1.69 bits per heavy atom. The van der Waals surface area contributed by atoms with Crippen molar-refractivity contribution >= 4 is 0 Å². The summed E-state index contributed by atoms with van der Waals surface area (Å²) >= 11 is 0. The lowest BCUT2D eigenvalue weighted by Gasteiger charge is -2.26. The van der Waals surface area contributed by atoms with Crippen molar-refractivity contribution in [2.24, 2.45) is 5.41 Å². The van der Waals surface area contributed by atoms with Gasteiger partial charge in [0.1, 0.15) is 0 Å². The smallest absolute Gasteiger partial charge is 0.0707 e. The first kappa shape index (κ1) is 15.9. The van der Waals surface area contributed by atoms with E-state index in [-0.39, 0.29) is 11.0 Å². The van der Waals surface area contributed by atoms with Crippen LogP contribution in [0.5, 0.6) is 0 Å². The highest BCUT2D eigenvalue weighted by Crippen LogP contribution is 2.15. The quantitative estimate of drug-likeness (QED) is 0.618. The highest BCUT2D eigenvalue weighted by Gasteiger charge is 2.17. The molecule has 3 nitrogen and oxygen atoms in total. The van der Waals surface area contributed by atoms with Crippen LogP contribution in [0.25, 0.3) is 0 Å². The van der Waals surface area contributed by atoms with E-state index in [2.05, 4.69) is 39.9 Å². The van der Waals surface area contributed by atoms with Crippen LogP contribution in [-0.2, 0) is 9.47 Å². The van der Waals surface area contributed by atoms with Gasteiger partial charge in [-0.15, -0.1) is 0 Å². The molecule has 0 aliphatic heterocycles. The van der Waals surface area contributed by atoms with Crippen molar-refractivity contribution in [3.05, 3.63) is 0 Å². The van der Waals surface area contributed by atoms with Crippen LogP contribution in [0.3, 0.4) is 0 Å². The van der Waals surface area contributed by atoms with Crippen molar-refractivity contribution in [2.75, 3.05) is 33.4 Å². The fraction of sp³-hybridized carbons (Fsp3) is 1.00. The van der Waals surface area contributed by atoms with Gasteiger partial charge in [-0.3, -0.25) is 0 Å². The molecule has 0 aromatic rings. The largest absolute Gasteiger partial charge is 0.378 e. The molecule has 3 heteroatoms. The first-order valence-corrected chi connectivity index (χ1v) is 6.19. The zero-order valence-corrected chi connectivity index (χ0v) is 11.9. The van der Waals surface area contributed by atoms with Crippen LogP contribution >= 0.6 is 0 Å². The van der Waals surface area contributed by atoms with Gasteiger partial charge in [0.25, 0.3) is 0 Å². The number of ether oxygens (including phenoxy) is 2. The molecule has 0 spiro atoms. The average Bonchev–Trinajstić information content (AvgIpc) is 2.17. The van der Waals surface area contributed by atoms with Crippen LogP contribution < -0.4 is 5.32 Å². The first-order valence-electron chi connectivity index (χ1n) is 6.19. The number of hydrogen-bond donors (Lipinski definition) is 1. The van der Waals surface area contributed by atoms with Gasteiger partial charge in [-0.2, -0.15) is 0 Å². The van der Waals surface area contributed by atoms with E-state index in [0.717, 1.165) is 19.6 Å². The minimum atomic E-state index is -0.0240. The van der Waals surface area contributed by atoms with Crippen LogP contribution in [0, 0.1) is 5.41 Å². The molecule has 0 saturated heterocycles. The summed E-state index contributed by atoms with van der Waals surface area (Å²) in [6, 6.07) is 0. The van der Waals surface area contributed by atoms with Crippen molar-refractivity contribution < 1.29 is 9.47 Å². The Bertz CT molecular complexity index is 179. The first-order chi connectivity index (χ1) is 7.33. The Kier molecular flexibility index (Phi) is 7.20. The maximum atomic E-state index is 5.71. The molecule has 0 saturated carbocycles. The van der Waals surface area contributed by atoms with Gasteiger partial charge in [0.2, 0.25) is 0 Å². The molecule has 0 unspecified atom stereocenters. The van der Waals surface area contributed by atoms with E-state index in [1.54, 1.807) is 0 Å². The monoisotopic (exact) mass is 231 g/mol. The Morgan fingerprint density at radius 3 is 2.19 bits per heavy atom. The molecule has 0 atom stereocenters. The zero-order valence-electron chi connectivity index (χ0n) is 11.9. The standard InChI is InChI=1S/C13H29NO2/c1-7-13(4,5)16-9-8-15-11-12(2,3)10-14-6/h14H,7-11H2,1-6H3. The summed E-state index contributed by atoms with van der Waals surface area (Å²) in [7, 11) is 1.97. The molecule has 98 valence electrons. The van der Waals surface area contributed by atoms with Gasteiger partial charge in [0, 0.05) is 12.0 Å². The van der Waals surface area contributed by atoms with Crippen LogP contribution in [0.2, 0.25) is 0 Å². The molecule has 0 fully saturated rings. The molecule has 0 aromatic carbocycles. The number of hydrogen-bond acceptors (Lipinski definition) is 3. The van der Waals surface area contributed by atoms with Crippen molar-refractivity contribution in [1.29, 1.82) is 0 Å². The number of rotatable bonds is 9. The minimum Gasteiger partial charge on any atom is -0.378 e. The van der Waals surface area contributed by atoms with Gasteiger partial charge in [-0.25, -0.2) is 0 Å². The SMILES string of the molecule is CCC(C)(C)OCCOCC(C)(C)CNC. The van der Waals surface area contributed by atoms with E-state index in [4.69, 9.17) is 9.47 Å². The van der Waals surface area contributed by atoms with E-state index >= 15 is 0 Å². The molecule has 0 aliphatic rings. The predicted octanol–water partition coefficient (Wildman–Crippen LogP) is 2.45.